The van der Waals surface area contributed by atoms with Gasteiger partial charge in [0.2, 0.25) is 0 Å². The number of nitrogens with one attached hydrogen (secondary N) is 2. The number of hydrogen-bond donors (Lipinski definition) is 5. The molecule has 2 rings (SSSR count). The maximum Gasteiger partial charge on any atom is 0.255 e. The molecule has 0 aliphatic carbocycles. The smallest absolute Gasteiger partial charge is 0.255 e. The minimum atomic E-state index is -0.465. The number of aromatic hydroxyl groups is 2. The van der Waals surface area contributed by atoms with Gasteiger partial charge in [-0.15, -0.1) is 0 Å². The van der Waals surface area contributed by atoms with Crippen molar-refractivity contribution < 1.29 is 15.0 Å². The number of aromatic amines is 1. The molecule has 7 heteroatoms. The molecule has 0 fully saturated rings. The highest BCUT2D eigenvalue weighted by atomic mass is 16.3. The molecule has 1 amide bonds. The molecule has 18 heavy (non-hydrogen) atoms. The largest absolute Gasteiger partial charge is 0.508 e. The lowest BCUT2D eigenvalue weighted by atomic mass is 10.1. The first-order valence-electron chi connectivity index (χ1n) is 5.16. The van der Waals surface area contributed by atoms with Crippen molar-refractivity contribution in [2.45, 2.75) is 6.54 Å². The van der Waals surface area contributed by atoms with E-state index in [1.807, 2.05) is 0 Å². The molecular formula is C11H12N4O3. The fourth-order valence-electron chi connectivity index (χ4n) is 1.44. The predicted octanol–water partition coefficient (Wildman–Crippen LogP) is 0.333. The van der Waals surface area contributed by atoms with Crippen LogP contribution in [-0.2, 0) is 6.54 Å². The monoisotopic (exact) mass is 248 g/mol. The van der Waals surface area contributed by atoms with Crippen molar-refractivity contribution in [3.05, 3.63) is 35.5 Å². The third kappa shape index (κ3) is 2.34. The molecule has 0 atom stereocenters. The molecule has 2 aromatic rings. The van der Waals surface area contributed by atoms with Crippen molar-refractivity contribution in [2.75, 3.05) is 5.73 Å². The van der Waals surface area contributed by atoms with Crippen molar-refractivity contribution in [2.24, 2.45) is 0 Å². The number of hydrogen-bond acceptors (Lipinski definition) is 5. The second-order valence-corrected chi connectivity index (χ2v) is 3.69. The number of nitrogens with zero attached hydrogens (tertiary/aromatic N) is 1. The van der Waals surface area contributed by atoms with E-state index in [4.69, 9.17) is 10.8 Å². The summed E-state index contributed by atoms with van der Waals surface area (Å²) in [5, 5.41) is 27.5. The number of carbonyl (C=O) groups is 1. The molecule has 94 valence electrons. The van der Waals surface area contributed by atoms with E-state index >= 15 is 0 Å². The third-order valence-corrected chi connectivity index (χ3v) is 2.42. The Morgan fingerprint density at radius 1 is 1.44 bits per heavy atom. The number of amides is 1. The van der Waals surface area contributed by atoms with Crippen LogP contribution < -0.4 is 11.1 Å². The Labute approximate surface area is 102 Å². The predicted molar refractivity (Wildman–Crippen MR) is 63.9 cm³/mol. The molecule has 1 heterocycles. The molecule has 0 unspecified atom stereocenters. The van der Waals surface area contributed by atoms with Crippen LogP contribution in [0.5, 0.6) is 11.5 Å². The van der Waals surface area contributed by atoms with Crippen molar-refractivity contribution >= 4 is 11.7 Å². The number of nitrogen functional groups attached to an aromatic ring is 1. The van der Waals surface area contributed by atoms with Gasteiger partial charge in [0.15, 0.2) is 0 Å². The van der Waals surface area contributed by atoms with Crippen LogP contribution in [0.3, 0.4) is 0 Å². The summed E-state index contributed by atoms with van der Waals surface area (Å²) in [6.07, 6.45) is 1.51. The van der Waals surface area contributed by atoms with Gasteiger partial charge in [-0.2, -0.15) is 5.10 Å². The summed E-state index contributed by atoms with van der Waals surface area (Å²) in [7, 11) is 0. The normalized spacial score (nSPS) is 10.2. The molecule has 0 saturated heterocycles. The minimum absolute atomic E-state index is 0.0786. The van der Waals surface area contributed by atoms with Crippen LogP contribution in [0, 0.1) is 0 Å². The van der Waals surface area contributed by atoms with Gasteiger partial charge in [-0.25, -0.2) is 0 Å². The topological polar surface area (TPSA) is 124 Å². The molecule has 1 aromatic heterocycles. The maximum absolute atomic E-state index is 11.8. The second kappa shape index (κ2) is 4.66. The summed E-state index contributed by atoms with van der Waals surface area (Å²) in [5.74, 6) is -0.478. The molecule has 0 aliphatic rings. The SMILES string of the molecule is Nc1[nH]ncc1CNC(=O)c1ccc(O)cc1O. The van der Waals surface area contributed by atoms with Gasteiger partial charge in [0.05, 0.1) is 11.8 Å². The Kier molecular flexibility index (Phi) is 3.05. The lowest BCUT2D eigenvalue weighted by Crippen LogP contribution is -2.23. The number of anilines is 1. The number of rotatable bonds is 3. The molecule has 0 spiro atoms. The van der Waals surface area contributed by atoms with E-state index in [0.29, 0.717) is 11.4 Å². The number of H-pyrrole nitrogens is 1. The Morgan fingerprint density at radius 2 is 2.22 bits per heavy atom. The molecule has 0 bridgehead atoms. The van der Waals surface area contributed by atoms with Crippen LogP contribution in [0.15, 0.2) is 24.4 Å². The average molecular weight is 248 g/mol. The number of benzene rings is 1. The highest BCUT2D eigenvalue weighted by Gasteiger charge is 2.12. The highest BCUT2D eigenvalue weighted by molar-refractivity contribution is 5.96. The number of carbonyl (C=O) groups excluding carboxylic acids is 1. The third-order valence-electron chi connectivity index (χ3n) is 2.42. The lowest BCUT2D eigenvalue weighted by molar-refractivity contribution is 0.0948. The first-order chi connectivity index (χ1) is 8.58. The van der Waals surface area contributed by atoms with E-state index in [9.17, 15) is 9.90 Å². The first-order valence-corrected chi connectivity index (χ1v) is 5.16. The van der Waals surface area contributed by atoms with Gasteiger partial charge >= 0.3 is 0 Å². The Morgan fingerprint density at radius 3 is 2.83 bits per heavy atom. The van der Waals surface area contributed by atoms with Crippen LogP contribution in [0.4, 0.5) is 5.82 Å². The molecule has 6 N–H and O–H groups in total. The molecule has 0 radical (unpaired) electrons. The van der Waals surface area contributed by atoms with E-state index in [1.54, 1.807) is 0 Å². The summed E-state index contributed by atoms with van der Waals surface area (Å²) in [6, 6.07) is 3.75. The standard InChI is InChI=1S/C11H12N4O3/c12-10-6(5-14-15-10)4-13-11(18)8-2-1-7(16)3-9(8)17/h1-3,5,16-17H,4H2,(H,13,18)(H3,12,14,15). The minimum Gasteiger partial charge on any atom is -0.508 e. The number of aromatic nitrogens is 2. The summed E-state index contributed by atoms with van der Waals surface area (Å²) >= 11 is 0. The Bertz CT molecular complexity index is 579. The summed E-state index contributed by atoms with van der Waals surface area (Å²) in [6.45, 7) is 0.196. The van der Waals surface area contributed by atoms with Crippen LogP contribution >= 0.6 is 0 Å². The van der Waals surface area contributed by atoms with Crippen molar-refractivity contribution in [3.8, 4) is 11.5 Å². The highest BCUT2D eigenvalue weighted by Crippen LogP contribution is 2.22. The van der Waals surface area contributed by atoms with E-state index in [1.165, 1.54) is 18.3 Å². The number of phenolic OH excluding ortho intramolecular Hbond substituents is 2. The van der Waals surface area contributed by atoms with E-state index in [-0.39, 0.29) is 23.6 Å². The van der Waals surface area contributed by atoms with E-state index in [2.05, 4.69) is 15.5 Å². The van der Waals surface area contributed by atoms with Crippen molar-refractivity contribution in [1.82, 2.24) is 15.5 Å². The molecule has 0 aliphatic heterocycles. The Hall–Kier alpha value is -2.70. The van der Waals surface area contributed by atoms with E-state index in [0.717, 1.165) is 6.07 Å². The van der Waals surface area contributed by atoms with Gasteiger partial charge in [0.25, 0.3) is 5.91 Å². The van der Waals surface area contributed by atoms with Crippen molar-refractivity contribution in [3.63, 3.8) is 0 Å². The zero-order valence-corrected chi connectivity index (χ0v) is 9.34. The number of nitrogens with two attached hydrogens (primary N) is 1. The zero-order valence-electron chi connectivity index (χ0n) is 9.34. The second-order valence-electron chi connectivity index (χ2n) is 3.69. The summed E-state index contributed by atoms with van der Waals surface area (Å²) in [4.78, 5) is 11.8. The Balaban J connectivity index is 2.06. The van der Waals surface area contributed by atoms with Crippen LogP contribution in [-0.4, -0.2) is 26.3 Å². The number of phenols is 2. The fraction of sp³-hybridized carbons (Fsp3) is 0.0909. The van der Waals surface area contributed by atoms with E-state index < -0.39 is 5.91 Å². The molecule has 0 saturated carbocycles. The fourth-order valence-corrected chi connectivity index (χ4v) is 1.44. The van der Waals surface area contributed by atoms with Crippen LogP contribution in [0.1, 0.15) is 15.9 Å². The van der Waals surface area contributed by atoms with Crippen LogP contribution in [0.25, 0.3) is 0 Å². The quantitative estimate of drug-likeness (QED) is 0.535. The first kappa shape index (κ1) is 11.8. The summed E-state index contributed by atoms with van der Waals surface area (Å²) < 4.78 is 0. The van der Waals surface area contributed by atoms with Gasteiger partial charge in [-0.3, -0.25) is 9.89 Å². The molecular weight excluding hydrogens is 236 g/mol. The van der Waals surface area contributed by atoms with Gasteiger partial charge < -0.3 is 21.3 Å². The molecule has 7 nitrogen and oxygen atoms in total. The maximum atomic E-state index is 11.8. The van der Waals surface area contributed by atoms with Gasteiger partial charge in [-0.05, 0) is 12.1 Å². The average Bonchev–Trinajstić information content (AvgIpc) is 2.72. The van der Waals surface area contributed by atoms with Crippen LogP contribution in [0.2, 0.25) is 0 Å². The van der Waals surface area contributed by atoms with Crippen molar-refractivity contribution in [1.29, 1.82) is 0 Å². The van der Waals surface area contributed by atoms with Gasteiger partial charge in [0.1, 0.15) is 17.3 Å². The van der Waals surface area contributed by atoms with Gasteiger partial charge in [0, 0.05) is 18.2 Å². The van der Waals surface area contributed by atoms with Gasteiger partial charge in [-0.1, -0.05) is 0 Å². The summed E-state index contributed by atoms with van der Waals surface area (Å²) in [5.41, 5.74) is 6.30. The lowest BCUT2D eigenvalue weighted by Gasteiger charge is -2.06. The zero-order chi connectivity index (χ0) is 13.1. The molecule has 1 aromatic carbocycles.